The van der Waals surface area contributed by atoms with Crippen LogP contribution in [0, 0.1) is 11.8 Å². The van der Waals surface area contributed by atoms with Gasteiger partial charge in [-0.25, -0.2) is 0 Å². The lowest BCUT2D eigenvalue weighted by Gasteiger charge is -2.04. The molecule has 0 aromatic rings. The topological polar surface area (TPSA) is 36.9 Å². The maximum atomic E-state index is 5.21. The molecule has 0 rings (SSSR count). The first-order valence-corrected chi connectivity index (χ1v) is 7.50. The van der Waals surface area contributed by atoms with E-state index in [0.29, 0.717) is 25.0 Å². The van der Waals surface area contributed by atoms with Crippen molar-refractivity contribution in [3.8, 4) is 0 Å². The summed E-state index contributed by atoms with van der Waals surface area (Å²) < 4.78 is 19.5. The molecule has 0 atom stereocenters. The van der Waals surface area contributed by atoms with Gasteiger partial charge in [0.25, 0.3) is 0 Å². The summed E-state index contributed by atoms with van der Waals surface area (Å²) in [7, 11) is 5.11. The van der Waals surface area contributed by atoms with Gasteiger partial charge in [-0.1, -0.05) is 64.3 Å². The number of hydrogen-bond donors (Lipinski definition) is 0. The average Bonchev–Trinajstić information content (AvgIpc) is 2.37. The molecule has 0 spiro atoms. The molecule has 4 nitrogen and oxygen atoms in total. The molecule has 24 heavy (non-hydrogen) atoms. The molecule has 0 aromatic carbocycles. The van der Waals surface area contributed by atoms with E-state index in [0.717, 1.165) is 26.2 Å². The molecule has 0 aliphatic carbocycles. The van der Waals surface area contributed by atoms with Gasteiger partial charge >= 0.3 is 0 Å². The molecule has 0 saturated carbocycles. The smallest absolute Gasteiger partial charge is 0.0700 e. The zero-order valence-corrected chi connectivity index (χ0v) is 15.0. The van der Waals surface area contributed by atoms with Crippen molar-refractivity contribution >= 4 is 0 Å². The Morgan fingerprint density at radius 2 is 1.00 bits per heavy atom. The van der Waals surface area contributed by atoms with Crippen LogP contribution in [0.1, 0.15) is 70.7 Å². The highest BCUT2D eigenvalue weighted by molar-refractivity contribution is 4.38. The summed E-state index contributed by atoms with van der Waals surface area (Å²) >= 11 is 0. The molecular formula is C20H54O4. The van der Waals surface area contributed by atoms with Gasteiger partial charge in [0, 0.05) is 41.2 Å². The third-order valence-corrected chi connectivity index (χ3v) is 1.79. The van der Waals surface area contributed by atoms with E-state index < -0.39 is 0 Å². The Labute approximate surface area is 156 Å². The second-order valence-electron chi connectivity index (χ2n) is 5.30. The van der Waals surface area contributed by atoms with Gasteiger partial charge in [0.1, 0.15) is 0 Å². The predicted molar refractivity (Wildman–Crippen MR) is 113 cm³/mol. The fourth-order valence-electron chi connectivity index (χ4n) is 0.999. The minimum absolute atomic E-state index is 0. The quantitative estimate of drug-likeness (QED) is 0.461. The molecule has 0 heterocycles. The lowest BCUT2D eigenvalue weighted by atomic mass is 10.2. The highest BCUT2D eigenvalue weighted by atomic mass is 16.5. The summed E-state index contributed by atoms with van der Waals surface area (Å²) in [5, 5.41) is 0. The summed E-state index contributed by atoms with van der Waals surface area (Å²) in [5.41, 5.74) is 0. The Bertz CT molecular complexity index is 138. The highest BCUT2D eigenvalue weighted by Crippen LogP contribution is 1.91. The molecule has 0 bridgehead atoms. The maximum Gasteiger partial charge on any atom is 0.0700 e. The first-order chi connectivity index (χ1) is 9.45. The van der Waals surface area contributed by atoms with Crippen molar-refractivity contribution in [1.29, 1.82) is 0 Å². The fraction of sp³-hybridized carbons (Fsp3) is 1.00. The molecule has 0 aliphatic rings. The summed E-state index contributed by atoms with van der Waals surface area (Å²) in [5.74, 6) is 1.30. The Morgan fingerprint density at radius 3 is 1.17 bits per heavy atom. The van der Waals surface area contributed by atoms with Gasteiger partial charge in [0.15, 0.2) is 0 Å². The molecule has 0 unspecified atom stereocenters. The van der Waals surface area contributed by atoms with E-state index in [1.807, 2.05) is 0 Å². The Morgan fingerprint density at radius 1 is 0.583 bits per heavy atom. The second-order valence-corrected chi connectivity index (χ2v) is 5.30. The molecule has 0 N–H and O–H groups in total. The largest absolute Gasteiger partial charge is 0.385 e. The molecule has 0 saturated heterocycles. The van der Waals surface area contributed by atoms with Gasteiger partial charge in [-0.15, -0.1) is 0 Å². The van der Waals surface area contributed by atoms with Crippen LogP contribution in [0.4, 0.5) is 0 Å². The third kappa shape index (κ3) is 80.7. The lowest BCUT2D eigenvalue weighted by molar-refractivity contribution is 0.0572. The molecule has 0 aromatic heterocycles. The first-order valence-electron chi connectivity index (χ1n) is 7.50. The lowest BCUT2D eigenvalue weighted by Crippen LogP contribution is -2.06. The molecule has 0 fully saturated rings. The zero-order valence-electron chi connectivity index (χ0n) is 15.0. The monoisotopic (exact) mass is 358 g/mol. The van der Waals surface area contributed by atoms with Gasteiger partial charge in [0.05, 0.1) is 13.2 Å². The Kier molecular flexibility index (Phi) is 79.3. The normalized spacial score (nSPS) is 8.25. The van der Waals surface area contributed by atoms with Crippen molar-refractivity contribution in [2.45, 2.75) is 70.7 Å². The van der Waals surface area contributed by atoms with Crippen molar-refractivity contribution in [3.05, 3.63) is 0 Å². The Hall–Kier alpha value is -0.160. The van der Waals surface area contributed by atoms with E-state index >= 15 is 0 Å². The average molecular weight is 359 g/mol. The van der Waals surface area contributed by atoms with Crippen LogP contribution in [0.2, 0.25) is 0 Å². The predicted octanol–water partition coefficient (Wildman–Crippen LogP) is 6.18. The van der Waals surface area contributed by atoms with Crippen LogP contribution in [0.3, 0.4) is 0 Å². The standard InChI is InChI=1S/C7H16O2.C5H12O.C4H10O.4CH4/c1-7(2)6-9-5-4-8-3;1-5(2)4-6-3;1-3-4-5-2;;;;/h7H,4-6H2,1-3H3;5H,4H2,1-3H3;3-4H2,1-2H3;4*1H4. The van der Waals surface area contributed by atoms with Crippen molar-refractivity contribution in [2.75, 3.05) is 54.4 Å². The van der Waals surface area contributed by atoms with Crippen LogP contribution in [-0.2, 0) is 18.9 Å². The summed E-state index contributed by atoms with van der Waals surface area (Å²) in [4.78, 5) is 0. The van der Waals surface area contributed by atoms with Crippen LogP contribution in [0.25, 0.3) is 0 Å². The van der Waals surface area contributed by atoms with E-state index in [9.17, 15) is 0 Å². The van der Waals surface area contributed by atoms with Crippen molar-refractivity contribution < 1.29 is 18.9 Å². The Balaban J connectivity index is -0.0000000347. The molecule has 158 valence electrons. The molecule has 0 amide bonds. The highest BCUT2D eigenvalue weighted by Gasteiger charge is 1.91. The van der Waals surface area contributed by atoms with Crippen LogP contribution in [-0.4, -0.2) is 54.4 Å². The van der Waals surface area contributed by atoms with E-state index in [1.165, 1.54) is 0 Å². The summed E-state index contributed by atoms with van der Waals surface area (Å²) in [6.45, 7) is 14.6. The molecular weight excluding hydrogens is 304 g/mol. The summed E-state index contributed by atoms with van der Waals surface area (Å²) in [6, 6.07) is 0. The van der Waals surface area contributed by atoms with Crippen LogP contribution < -0.4 is 0 Å². The molecule has 0 radical (unpaired) electrons. The van der Waals surface area contributed by atoms with Gasteiger partial charge in [-0.05, 0) is 18.3 Å². The third-order valence-electron chi connectivity index (χ3n) is 1.79. The fourth-order valence-corrected chi connectivity index (χ4v) is 0.999. The second kappa shape index (κ2) is 43.4. The van der Waals surface area contributed by atoms with Gasteiger partial charge < -0.3 is 18.9 Å². The minimum Gasteiger partial charge on any atom is -0.385 e. The summed E-state index contributed by atoms with van der Waals surface area (Å²) in [6.07, 6.45) is 1.12. The SMILES string of the molecule is C.C.C.C.CCCOC.COCC(C)C.COCCOCC(C)C. The molecule has 4 heteroatoms. The van der Waals surface area contributed by atoms with Gasteiger partial charge in [-0.2, -0.15) is 0 Å². The zero-order chi connectivity index (χ0) is 16.2. The van der Waals surface area contributed by atoms with Gasteiger partial charge in [0.2, 0.25) is 0 Å². The maximum absolute atomic E-state index is 5.21. The van der Waals surface area contributed by atoms with E-state index in [4.69, 9.17) is 18.9 Å². The molecule has 0 aliphatic heterocycles. The van der Waals surface area contributed by atoms with E-state index in [2.05, 4.69) is 34.6 Å². The van der Waals surface area contributed by atoms with Crippen LogP contribution >= 0.6 is 0 Å². The van der Waals surface area contributed by atoms with Crippen LogP contribution in [0.15, 0.2) is 0 Å². The van der Waals surface area contributed by atoms with Crippen molar-refractivity contribution in [1.82, 2.24) is 0 Å². The van der Waals surface area contributed by atoms with Crippen molar-refractivity contribution in [2.24, 2.45) is 11.8 Å². The number of methoxy groups -OCH3 is 3. The van der Waals surface area contributed by atoms with E-state index in [-0.39, 0.29) is 29.7 Å². The minimum atomic E-state index is 0. The first kappa shape index (κ1) is 43.9. The van der Waals surface area contributed by atoms with E-state index in [1.54, 1.807) is 21.3 Å². The van der Waals surface area contributed by atoms with Crippen molar-refractivity contribution in [3.63, 3.8) is 0 Å². The van der Waals surface area contributed by atoms with Crippen LogP contribution in [0.5, 0.6) is 0 Å². The number of hydrogen-bond acceptors (Lipinski definition) is 4. The van der Waals surface area contributed by atoms with Gasteiger partial charge in [-0.3, -0.25) is 0 Å². The number of ether oxygens (including phenoxy) is 4. The number of rotatable bonds is 9.